The average Bonchev–Trinajstić information content (AvgIpc) is 2.66. The molecule has 0 saturated heterocycles. The molecule has 0 atom stereocenters. The summed E-state index contributed by atoms with van der Waals surface area (Å²) in [5.74, 6) is -0.334. The minimum atomic E-state index is -1.11. The second-order valence-electron chi connectivity index (χ2n) is 8.81. The van der Waals surface area contributed by atoms with Gasteiger partial charge in [-0.3, -0.25) is 14.2 Å². The van der Waals surface area contributed by atoms with E-state index >= 15 is 0 Å². The Labute approximate surface area is 175 Å². The molecule has 1 saturated carbocycles. The molecule has 0 aliphatic heterocycles. The van der Waals surface area contributed by atoms with Gasteiger partial charge >= 0.3 is 5.97 Å². The van der Waals surface area contributed by atoms with Gasteiger partial charge in [0.05, 0.1) is 5.69 Å². The number of carboxylic acid groups (broad SMARTS) is 1. The molecule has 0 amide bonds. The molecule has 7 heteroatoms. The van der Waals surface area contributed by atoms with Crippen LogP contribution in [0.5, 0.6) is 0 Å². The van der Waals surface area contributed by atoms with E-state index in [1.54, 1.807) is 24.3 Å². The van der Waals surface area contributed by atoms with Crippen molar-refractivity contribution >= 4 is 23.4 Å². The summed E-state index contributed by atoms with van der Waals surface area (Å²) in [6, 6.07) is 9.14. The van der Waals surface area contributed by atoms with E-state index in [0.717, 1.165) is 25.7 Å². The fraction of sp³-hybridized carbons (Fsp3) is 0.500. The van der Waals surface area contributed by atoms with Crippen LogP contribution in [-0.4, -0.2) is 26.7 Å². The predicted octanol–water partition coefficient (Wildman–Crippen LogP) is 4.67. The molecule has 1 aromatic heterocycles. The lowest BCUT2D eigenvalue weighted by Crippen LogP contribution is -2.35. The van der Waals surface area contributed by atoms with Crippen LogP contribution in [-0.2, 0) is 11.3 Å². The van der Waals surface area contributed by atoms with Gasteiger partial charge in [0.1, 0.15) is 6.54 Å². The molecule has 1 fully saturated rings. The molecule has 0 unspecified atom stereocenters. The van der Waals surface area contributed by atoms with E-state index < -0.39 is 18.1 Å². The van der Waals surface area contributed by atoms with E-state index in [9.17, 15) is 14.7 Å². The Hall–Kier alpha value is -2.34. The van der Waals surface area contributed by atoms with Crippen molar-refractivity contribution in [2.45, 2.75) is 59.0 Å². The van der Waals surface area contributed by atoms with E-state index in [4.69, 9.17) is 11.6 Å². The third kappa shape index (κ3) is 4.99. The van der Waals surface area contributed by atoms with Crippen LogP contribution in [0.15, 0.2) is 35.1 Å². The molecular formula is C22H28ClN3O3. The number of carbonyl (C=O) groups is 1. The highest BCUT2D eigenvalue weighted by molar-refractivity contribution is 6.32. The molecule has 0 bridgehead atoms. The van der Waals surface area contributed by atoms with Crippen LogP contribution < -0.4 is 10.9 Å². The van der Waals surface area contributed by atoms with Crippen LogP contribution in [0.4, 0.5) is 5.82 Å². The summed E-state index contributed by atoms with van der Waals surface area (Å²) in [7, 11) is 0. The molecule has 2 N–H and O–H groups in total. The predicted molar refractivity (Wildman–Crippen MR) is 115 cm³/mol. The van der Waals surface area contributed by atoms with Crippen molar-refractivity contribution in [3.05, 3.63) is 45.8 Å². The molecule has 1 aromatic carbocycles. The van der Waals surface area contributed by atoms with E-state index in [1.807, 2.05) is 6.07 Å². The first kappa shape index (κ1) is 21.4. The van der Waals surface area contributed by atoms with Gasteiger partial charge in [0.15, 0.2) is 11.0 Å². The summed E-state index contributed by atoms with van der Waals surface area (Å²) >= 11 is 6.42. The summed E-state index contributed by atoms with van der Waals surface area (Å²) in [5, 5.41) is 12.7. The minimum absolute atomic E-state index is 0.114. The fourth-order valence-corrected chi connectivity index (χ4v) is 4.38. The van der Waals surface area contributed by atoms with Crippen molar-refractivity contribution in [2.24, 2.45) is 11.3 Å². The molecule has 156 valence electrons. The van der Waals surface area contributed by atoms with Crippen LogP contribution in [0.2, 0.25) is 5.15 Å². The zero-order valence-corrected chi connectivity index (χ0v) is 17.9. The van der Waals surface area contributed by atoms with E-state index in [-0.39, 0.29) is 22.4 Å². The lowest BCUT2D eigenvalue weighted by atomic mass is 9.71. The second-order valence-corrected chi connectivity index (χ2v) is 9.17. The van der Waals surface area contributed by atoms with Gasteiger partial charge in [0.25, 0.3) is 5.56 Å². The zero-order valence-electron chi connectivity index (χ0n) is 17.1. The third-order valence-electron chi connectivity index (χ3n) is 5.76. The Kier molecular flexibility index (Phi) is 6.32. The van der Waals surface area contributed by atoms with Crippen molar-refractivity contribution in [1.82, 2.24) is 9.55 Å². The molecule has 1 aliphatic carbocycles. The van der Waals surface area contributed by atoms with E-state index in [1.165, 1.54) is 4.57 Å². The number of nitrogens with one attached hydrogen (secondary N) is 1. The number of halogens is 1. The van der Waals surface area contributed by atoms with Crippen molar-refractivity contribution in [2.75, 3.05) is 5.32 Å². The highest BCUT2D eigenvalue weighted by atomic mass is 35.5. The molecular weight excluding hydrogens is 390 g/mol. The van der Waals surface area contributed by atoms with Gasteiger partial charge in [-0.1, -0.05) is 62.7 Å². The number of nitrogens with zero attached hydrogens (tertiary/aromatic N) is 2. The van der Waals surface area contributed by atoms with E-state index in [0.29, 0.717) is 17.2 Å². The summed E-state index contributed by atoms with van der Waals surface area (Å²) in [5.41, 5.74) is 0.786. The maximum atomic E-state index is 13.1. The van der Waals surface area contributed by atoms with Gasteiger partial charge in [-0.05, 0) is 37.0 Å². The maximum Gasteiger partial charge on any atom is 0.323 e. The number of rotatable bonds is 5. The number of hydrogen-bond donors (Lipinski definition) is 2. The van der Waals surface area contributed by atoms with Gasteiger partial charge < -0.3 is 10.4 Å². The summed E-state index contributed by atoms with van der Waals surface area (Å²) in [6.45, 7) is 6.32. The zero-order chi connectivity index (χ0) is 21.2. The smallest absolute Gasteiger partial charge is 0.323 e. The lowest BCUT2D eigenvalue weighted by Gasteiger charge is -2.37. The SMILES string of the molecule is CC(C)(C)C1CCC(Nc2nc(Cl)c(-c3ccccc3)n(CC(=O)O)c2=O)CC1. The first-order valence-corrected chi connectivity index (χ1v) is 10.4. The molecule has 0 radical (unpaired) electrons. The minimum Gasteiger partial charge on any atom is -0.480 e. The first-order valence-electron chi connectivity index (χ1n) is 10.0. The maximum absolute atomic E-state index is 13.1. The molecule has 6 nitrogen and oxygen atoms in total. The normalized spacial score (nSPS) is 19.7. The van der Waals surface area contributed by atoms with Crippen LogP contribution in [0, 0.1) is 11.3 Å². The van der Waals surface area contributed by atoms with Gasteiger partial charge in [-0.2, -0.15) is 0 Å². The Morgan fingerprint density at radius 3 is 2.38 bits per heavy atom. The molecule has 2 aromatic rings. The van der Waals surface area contributed by atoms with Crippen LogP contribution in [0.3, 0.4) is 0 Å². The number of carboxylic acids is 1. The largest absolute Gasteiger partial charge is 0.480 e. The molecule has 3 rings (SSSR count). The topological polar surface area (TPSA) is 84.2 Å². The monoisotopic (exact) mass is 417 g/mol. The van der Waals surface area contributed by atoms with Gasteiger partial charge in [-0.15, -0.1) is 0 Å². The summed E-state index contributed by atoms with van der Waals surface area (Å²) < 4.78 is 1.19. The van der Waals surface area contributed by atoms with Gasteiger partial charge in [0, 0.05) is 11.6 Å². The fourth-order valence-electron chi connectivity index (χ4n) is 4.09. The highest BCUT2D eigenvalue weighted by Crippen LogP contribution is 2.38. The number of hydrogen-bond acceptors (Lipinski definition) is 4. The first-order chi connectivity index (χ1) is 13.7. The quantitative estimate of drug-likeness (QED) is 0.738. The molecule has 1 aliphatic rings. The second kappa shape index (κ2) is 8.57. The summed E-state index contributed by atoms with van der Waals surface area (Å²) in [4.78, 5) is 28.8. The van der Waals surface area contributed by atoms with Crippen molar-refractivity contribution < 1.29 is 9.90 Å². The number of benzene rings is 1. The Balaban J connectivity index is 1.90. The van der Waals surface area contributed by atoms with Gasteiger partial charge in [0.2, 0.25) is 0 Å². The number of aliphatic carboxylic acids is 1. The Bertz CT molecular complexity index is 927. The molecule has 29 heavy (non-hydrogen) atoms. The van der Waals surface area contributed by atoms with Crippen LogP contribution in [0.1, 0.15) is 46.5 Å². The Morgan fingerprint density at radius 1 is 1.21 bits per heavy atom. The Morgan fingerprint density at radius 2 is 1.83 bits per heavy atom. The van der Waals surface area contributed by atoms with E-state index in [2.05, 4.69) is 31.1 Å². The van der Waals surface area contributed by atoms with Crippen molar-refractivity contribution in [1.29, 1.82) is 0 Å². The van der Waals surface area contributed by atoms with Crippen LogP contribution in [0.25, 0.3) is 11.3 Å². The van der Waals surface area contributed by atoms with Crippen molar-refractivity contribution in [3.8, 4) is 11.3 Å². The third-order valence-corrected chi connectivity index (χ3v) is 6.02. The molecule has 1 heterocycles. The average molecular weight is 418 g/mol. The van der Waals surface area contributed by atoms with Crippen LogP contribution >= 0.6 is 11.6 Å². The highest BCUT2D eigenvalue weighted by Gasteiger charge is 2.30. The standard InChI is InChI=1S/C22H28ClN3O3/c1-22(2,3)15-9-11-16(12-10-15)24-20-21(29)26(13-17(27)28)18(19(23)25-20)14-7-5-4-6-8-14/h4-8,15-16H,9-13H2,1-3H3,(H,24,25)(H,27,28). The summed E-state index contributed by atoms with van der Waals surface area (Å²) in [6.07, 6.45) is 4.06. The van der Waals surface area contributed by atoms with Gasteiger partial charge in [-0.25, -0.2) is 4.98 Å². The lowest BCUT2D eigenvalue weighted by molar-refractivity contribution is -0.137. The van der Waals surface area contributed by atoms with Crippen molar-refractivity contribution in [3.63, 3.8) is 0 Å². The number of aromatic nitrogens is 2. The number of anilines is 1. The molecule has 0 spiro atoms.